The summed E-state index contributed by atoms with van der Waals surface area (Å²) >= 11 is 0. The fourth-order valence-corrected chi connectivity index (χ4v) is 24.5. The van der Waals surface area contributed by atoms with Crippen LogP contribution in [0.5, 0.6) is 0 Å². The number of para-hydroxylation sites is 4. The van der Waals surface area contributed by atoms with Gasteiger partial charge in [-0.05, 0) is 228 Å². The van der Waals surface area contributed by atoms with Crippen molar-refractivity contribution < 1.29 is 13.3 Å². The van der Waals surface area contributed by atoms with E-state index in [1.807, 2.05) is 12.1 Å². The van der Waals surface area contributed by atoms with Gasteiger partial charge in [0, 0.05) is 104 Å². The van der Waals surface area contributed by atoms with Crippen molar-refractivity contribution in [2.75, 3.05) is 0 Å². The summed E-state index contributed by atoms with van der Waals surface area (Å²) in [5.41, 5.74) is 38.1. The van der Waals surface area contributed by atoms with Gasteiger partial charge in [0.2, 0.25) is 0 Å². The second-order valence-electron chi connectivity index (χ2n) is 39.1. The first kappa shape index (κ1) is 84.2. The molecule has 686 valence electrons. The Morgan fingerprint density at radius 3 is 0.885 bits per heavy atom. The number of benzene rings is 24. The molecule has 6 nitrogen and oxygen atoms in total. The highest BCUT2D eigenvalue weighted by Crippen LogP contribution is 2.64. The van der Waals surface area contributed by atoms with Crippen molar-refractivity contribution in [2.45, 2.75) is 5.41 Å². The van der Waals surface area contributed by atoms with E-state index >= 15 is 0 Å². The molecular weight excluding hydrogens is 1800 g/mol. The molecule has 1 spiro atoms. The van der Waals surface area contributed by atoms with Gasteiger partial charge in [-0.1, -0.05) is 425 Å². The molecule has 6 heteroatoms. The number of fused-ring (bicyclic) bond motifs is 37. The van der Waals surface area contributed by atoms with Crippen LogP contribution in [0.1, 0.15) is 22.3 Å². The van der Waals surface area contributed by atoms with Crippen LogP contribution in [0.2, 0.25) is 0 Å². The number of rotatable bonds is 9. The summed E-state index contributed by atoms with van der Waals surface area (Å²) < 4.78 is 20.0. The van der Waals surface area contributed by atoms with Gasteiger partial charge < -0.3 is 13.3 Å². The fraction of sp³-hybridized carbons (Fsp3) is 0.00704. The monoisotopic (exact) mass is 1880 g/mol. The third kappa shape index (κ3) is 13.3. The number of furan rings is 3. The average molecular weight is 1880 g/mol. The summed E-state index contributed by atoms with van der Waals surface area (Å²) in [5, 5.41) is 25.0. The van der Waals surface area contributed by atoms with Gasteiger partial charge in [0.25, 0.3) is 0 Å². The van der Waals surface area contributed by atoms with E-state index in [9.17, 15) is 0 Å². The molecule has 148 heavy (non-hydrogen) atoms. The fourth-order valence-electron chi connectivity index (χ4n) is 24.5. The van der Waals surface area contributed by atoms with Crippen LogP contribution >= 0.6 is 0 Å². The van der Waals surface area contributed by atoms with Crippen LogP contribution in [0.4, 0.5) is 0 Å². The smallest absolute Gasteiger partial charge is 0.143 e. The highest BCUT2D eigenvalue weighted by molar-refractivity contribution is 6.28. The zero-order valence-electron chi connectivity index (χ0n) is 80.1. The zero-order chi connectivity index (χ0) is 97.2. The van der Waals surface area contributed by atoms with E-state index in [4.69, 9.17) is 28.2 Å². The van der Waals surface area contributed by atoms with E-state index in [0.717, 1.165) is 166 Å². The van der Waals surface area contributed by atoms with Crippen molar-refractivity contribution in [2.24, 2.45) is 0 Å². The number of nitrogens with zero attached hydrogens (tertiary/aromatic N) is 3. The minimum atomic E-state index is -0.509. The Labute approximate surface area is 851 Å². The lowest BCUT2D eigenvalue weighted by Gasteiger charge is -2.31. The maximum Gasteiger partial charge on any atom is 0.143 e. The molecule has 0 saturated heterocycles. The van der Waals surface area contributed by atoms with Crippen molar-refractivity contribution in [1.82, 2.24) is 15.0 Å². The van der Waals surface area contributed by atoms with Crippen molar-refractivity contribution in [3.05, 3.63) is 538 Å². The molecule has 2 aliphatic rings. The van der Waals surface area contributed by atoms with E-state index in [2.05, 4.69) is 504 Å². The largest absolute Gasteiger partial charge is 0.455 e. The molecule has 32 rings (SSSR count). The predicted octanol–water partition coefficient (Wildman–Crippen LogP) is 38.7. The van der Waals surface area contributed by atoms with Crippen molar-refractivity contribution in [3.63, 3.8) is 0 Å². The zero-order valence-corrected chi connectivity index (χ0v) is 80.1. The molecule has 0 N–H and O–H groups in total. The van der Waals surface area contributed by atoms with Crippen LogP contribution in [-0.2, 0) is 5.41 Å². The van der Waals surface area contributed by atoms with Crippen LogP contribution < -0.4 is 0 Å². The molecule has 0 amide bonds. The summed E-state index contributed by atoms with van der Waals surface area (Å²) in [6.07, 6.45) is 0. The van der Waals surface area contributed by atoms with Crippen LogP contribution in [0.3, 0.4) is 0 Å². The molecule has 6 aromatic heterocycles. The average Bonchev–Trinajstić information content (AvgIpc) is 1.50. The van der Waals surface area contributed by atoms with Gasteiger partial charge >= 0.3 is 0 Å². The lowest BCUT2D eigenvalue weighted by Crippen LogP contribution is -2.26. The maximum absolute atomic E-state index is 6.70. The Kier molecular flexibility index (Phi) is 19.2. The second-order valence-corrected chi connectivity index (χ2v) is 39.1. The van der Waals surface area contributed by atoms with E-state index in [-0.39, 0.29) is 0 Å². The molecular formula is C142H85N3O3. The Morgan fingerprint density at radius 1 is 0.128 bits per heavy atom. The molecule has 2 aliphatic carbocycles. The highest BCUT2D eigenvalue weighted by Gasteiger charge is 2.52. The Hall–Kier alpha value is -19.5. The van der Waals surface area contributed by atoms with Gasteiger partial charge in [0.05, 0.1) is 39.0 Å². The lowest BCUT2D eigenvalue weighted by atomic mass is 9.70. The molecule has 0 aliphatic heterocycles. The molecule has 30 aromatic rings. The van der Waals surface area contributed by atoms with Gasteiger partial charge in [0.1, 0.15) is 33.5 Å². The molecule has 0 atom stereocenters. The molecule has 0 fully saturated rings. The first-order chi connectivity index (χ1) is 73.4. The first-order valence-corrected chi connectivity index (χ1v) is 50.7. The minimum Gasteiger partial charge on any atom is -0.455 e. The van der Waals surface area contributed by atoms with Gasteiger partial charge in [-0.15, -0.1) is 0 Å². The lowest BCUT2D eigenvalue weighted by molar-refractivity contribution is 0.669. The molecule has 24 aromatic carbocycles. The Morgan fingerprint density at radius 2 is 0.412 bits per heavy atom. The van der Waals surface area contributed by atoms with Gasteiger partial charge in [-0.25, -0.2) is 15.0 Å². The quantitative estimate of drug-likeness (QED) is 0.134. The molecule has 0 saturated carbocycles. The molecule has 0 bridgehead atoms. The SMILES string of the molecule is c1ccc(-c2ccc3oc4c(-c5cccc(-c6ccc7c8ccccc8c8ccccc8c7n6)c5)cc(-c5ccccc5)cc4c3c2)cc1.c1ccc(-c2cccc3c2oc2c(-c4cccc(-c5ccc6c7ccccc7c7ccccc7c6n5)c4)cccc23)cc1.c1ccc2c(c1)-c1ccccc1C21c2cc(-c3ccc4c5ccccc5c5ccccc5c4n3)ccc2-c2ccc(-c3cccc4c3oc3ccccc34)cc21. The molecule has 6 heterocycles. The summed E-state index contributed by atoms with van der Waals surface area (Å²) in [4.78, 5) is 16.1. The van der Waals surface area contributed by atoms with Crippen LogP contribution in [0, 0.1) is 0 Å². The standard InChI is InChI=1S/C54H31NO.C47H29NO.C41H25NO/c1-2-14-37-35(12-1)36-13-3-4-18-43(36)52-44(37)28-29-50(55-52)33-25-27-41-40-26-24-32(34-19-11-20-45-42-17-7-10-23-51(42)56-53(34)45)30-48(40)54(49(41)31-33)46-21-8-5-15-38(46)39-16-6-9-22-47(39)54;1-3-12-30(13-4-1)32-22-25-45-42(27-32)43-29-35(31-14-5-2-6-15-31)28-41(47(43)49-45)33-16-11-17-34(26-33)44-24-23-40-38-20-8-7-18-36(38)37-19-9-10-21-39(37)46(40)48-44;1-2-11-26(12-3-1)29-19-9-21-36-37-22-10-20-30(41(37)43-40(29)36)27-13-8-14-28(25-27)38-24-23-35-33-17-5-4-15-31(33)32-16-6-7-18-34(32)39(35)42-38/h1-31H;1-29H;1-25H. The van der Waals surface area contributed by atoms with E-state index < -0.39 is 5.41 Å². The van der Waals surface area contributed by atoms with Gasteiger partial charge in [-0.2, -0.15) is 0 Å². The molecule has 0 radical (unpaired) electrons. The van der Waals surface area contributed by atoms with E-state index in [1.54, 1.807) is 0 Å². The maximum atomic E-state index is 6.70. The summed E-state index contributed by atoms with van der Waals surface area (Å²) in [7, 11) is 0. The van der Waals surface area contributed by atoms with Crippen LogP contribution in [-0.4, -0.2) is 15.0 Å². The summed E-state index contributed by atoms with van der Waals surface area (Å²) in [6.45, 7) is 0. The van der Waals surface area contributed by atoms with Crippen molar-refractivity contribution in [1.29, 1.82) is 0 Å². The van der Waals surface area contributed by atoms with Crippen LogP contribution in [0.15, 0.2) is 529 Å². The third-order valence-corrected chi connectivity index (χ3v) is 31.2. The van der Waals surface area contributed by atoms with Crippen LogP contribution in [0.25, 0.3) is 286 Å². The van der Waals surface area contributed by atoms with E-state index in [0.29, 0.717) is 0 Å². The highest BCUT2D eigenvalue weighted by atomic mass is 16.3. The predicted molar refractivity (Wildman–Crippen MR) is 617 cm³/mol. The van der Waals surface area contributed by atoms with Gasteiger partial charge in [-0.3, -0.25) is 0 Å². The van der Waals surface area contributed by atoms with Crippen molar-refractivity contribution >= 4 is 163 Å². The first-order valence-electron chi connectivity index (χ1n) is 50.7. The molecule has 0 unspecified atom stereocenters. The Balaban J connectivity index is 0.000000103. The van der Waals surface area contributed by atoms with E-state index in [1.165, 1.54) is 142 Å². The normalized spacial score (nSPS) is 12.4. The number of hydrogen-bond acceptors (Lipinski definition) is 6. The summed E-state index contributed by atoms with van der Waals surface area (Å²) in [6, 6.07) is 185. The number of aromatic nitrogens is 3. The van der Waals surface area contributed by atoms with Crippen molar-refractivity contribution in [3.8, 4) is 123 Å². The minimum absolute atomic E-state index is 0.509. The number of pyridine rings is 3. The summed E-state index contributed by atoms with van der Waals surface area (Å²) in [5.74, 6) is 0. The Bertz CT molecular complexity index is 10600. The van der Waals surface area contributed by atoms with Gasteiger partial charge in [0.15, 0.2) is 0 Å². The topological polar surface area (TPSA) is 78.1 Å². The second kappa shape index (κ2) is 33.8. The number of hydrogen-bond donors (Lipinski definition) is 0. The third-order valence-electron chi connectivity index (χ3n) is 31.2.